The van der Waals surface area contributed by atoms with Gasteiger partial charge in [-0.05, 0) is 31.2 Å². The summed E-state index contributed by atoms with van der Waals surface area (Å²) in [6.45, 7) is 2.72. The van der Waals surface area contributed by atoms with E-state index in [9.17, 15) is 4.79 Å². The number of thioether (sulfide) groups is 1. The lowest BCUT2D eigenvalue weighted by molar-refractivity contribution is -0.129. The summed E-state index contributed by atoms with van der Waals surface area (Å²) < 4.78 is 2.11. The van der Waals surface area contributed by atoms with Gasteiger partial charge in [-0.25, -0.2) is 4.98 Å². The number of carbonyl (C=O) groups is 1. The smallest absolute Gasteiger partial charge is 0.224 e. The largest absolute Gasteiger partial charge is 0.333 e. The van der Waals surface area contributed by atoms with Gasteiger partial charge in [0.15, 0.2) is 0 Å². The van der Waals surface area contributed by atoms with Crippen LogP contribution in [0.25, 0.3) is 5.65 Å². The predicted molar refractivity (Wildman–Crippen MR) is 79.7 cm³/mol. The number of amides is 1. The van der Waals surface area contributed by atoms with Crippen LogP contribution in [0, 0.1) is 6.92 Å². The number of nitrogens with zero attached hydrogens (tertiary/aromatic N) is 3. The van der Waals surface area contributed by atoms with Crippen LogP contribution in [0.15, 0.2) is 24.4 Å². The fourth-order valence-corrected chi connectivity index (χ4v) is 4.83. The van der Waals surface area contributed by atoms with Crippen molar-refractivity contribution in [1.82, 2.24) is 14.3 Å². The van der Waals surface area contributed by atoms with Crippen molar-refractivity contribution in [3.63, 3.8) is 0 Å². The minimum absolute atomic E-state index is 0.303. The molecule has 104 valence electrons. The van der Waals surface area contributed by atoms with E-state index in [0.29, 0.717) is 30.2 Å². The molecule has 2 aliphatic rings. The molecule has 2 saturated heterocycles. The maximum Gasteiger partial charge on any atom is 0.224 e. The van der Waals surface area contributed by atoms with E-state index in [1.165, 1.54) is 5.75 Å². The Hall–Kier alpha value is -1.49. The Bertz CT molecular complexity index is 681. The molecular formula is C15H17N3OS. The van der Waals surface area contributed by atoms with Crippen LogP contribution in [0.2, 0.25) is 0 Å². The highest BCUT2D eigenvalue weighted by molar-refractivity contribution is 8.00. The molecule has 0 bridgehead atoms. The van der Waals surface area contributed by atoms with Gasteiger partial charge >= 0.3 is 0 Å². The Morgan fingerprint density at radius 1 is 1.45 bits per heavy atom. The number of pyridine rings is 1. The summed E-state index contributed by atoms with van der Waals surface area (Å²) in [5.74, 6) is 1.49. The summed E-state index contributed by atoms with van der Waals surface area (Å²) in [6, 6.07) is 6.45. The minimum atomic E-state index is 0.303. The van der Waals surface area contributed by atoms with Gasteiger partial charge in [0.05, 0.1) is 17.9 Å². The van der Waals surface area contributed by atoms with E-state index < -0.39 is 0 Å². The summed E-state index contributed by atoms with van der Waals surface area (Å²) in [7, 11) is 0. The third kappa shape index (κ3) is 1.76. The van der Waals surface area contributed by atoms with E-state index in [1.54, 1.807) is 0 Å². The van der Waals surface area contributed by atoms with Gasteiger partial charge in [0.1, 0.15) is 5.65 Å². The monoisotopic (exact) mass is 287 g/mol. The van der Waals surface area contributed by atoms with Crippen molar-refractivity contribution < 1.29 is 4.79 Å². The van der Waals surface area contributed by atoms with E-state index in [1.807, 2.05) is 43.1 Å². The second kappa shape index (κ2) is 4.52. The lowest BCUT2D eigenvalue weighted by Crippen LogP contribution is -2.34. The molecule has 4 heterocycles. The van der Waals surface area contributed by atoms with Crippen LogP contribution in [0.1, 0.15) is 24.2 Å². The highest BCUT2D eigenvalue weighted by Gasteiger charge is 2.43. The maximum atomic E-state index is 12.2. The average molecular weight is 287 g/mol. The highest BCUT2D eigenvalue weighted by Crippen LogP contribution is 2.39. The second-order valence-electron chi connectivity index (χ2n) is 5.56. The van der Waals surface area contributed by atoms with E-state index in [-0.39, 0.29) is 0 Å². The first kappa shape index (κ1) is 12.3. The first-order valence-electron chi connectivity index (χ1n) is 7.07. The van der Waals surface area contributed by atoms with Gasteiger partial charge in [-0.15, -0.1) is 0 Å². The molecule has 2 aromatic heterocycles. The molecule has 0 aliphatic carbocycles. The van der Waals surface area contributed by atoms with Crippen LogP contribution in [0.5, 0.6) is 0 Å². The van der Waals surface area contributed by atoms with E-state index in [0.717, 1.165) is 23.5 Å². The van der Waals surface area contributed by atoms with Crippen LogP contribution in [0.4, 0.5) is 0 Å². The molecule has 1 amide bonds. The Morgan fingerprint density at radius 2 is 2.35 bits per heavy atom. The van der Waals surface area contributed by atoms with Crippen LogP contribution >= 0.6 is 11.8 Å². The number of imidazole rings is 1. The third-order valence-corrected chi connectivity index (χ3v) is 5.80. The zero-order valence-corrected chi connectivity index (χ0v) is 12.3. The third-order valence-electron chi connectivity index (χ3n) is 4.42. The van der Waals surface area contributed by atoms with Gasteiger partial charge in [0.25, 0.3) is 0 Å². The zero-order chi connectivity index (χ0) is 13.7. The van der Waals surface area contributed by atoms with Crippen LogP contribution in [-0.2, 0) is 11.3 Å². The SMILES string of the molecule is Cc1nc2ccccn2c1CN1C(=O)CC2SCCC21. The Balaban J connectivity index is 1.70. The van der Waals surface area contributed by atoms with Crippen molar-refractivity contribution in [2.75, 3.05) is 5.75 Å². The summed E-state index contributed by atoms with van der Waals surface area (Å²) in [4.78, 5) is 18.9. The summed E-state index contributed by atoms with van der Waals surface area (Å²) in [6.07, 6.45) is 3.88. The number of hydrogen-bond donors (Lipinski definition) is 0. The number of aromatic nitrogens is 2. The number of aryl methyl sites for hydroxylation is 1. The van der Waals surface area contributed by atoms with Gasteiger partial charge < -0.3 is 9.30 Å². The first-order chi connectivity index (χ1) is 9.74. The highest BCUT2D eigenvalue weighted by atomic mass is 32.2. The maximum absolute atomic E-state index is 12.2. The quantitative estimate of drug-likeness (QED) is 0.850. The fourth-order valence-electron chi connectivity index (χ4n) is 3.38. The van der Waals surface area contributed by atoms with Gasteiger partial charge in [0, 0.05) is 23.9 Å². The number of fused-ring (bicyclic) bond motifs is 2. The molecule has 0 saturated carbocycles. The fraction of sp³-hybridized carbons (Fsp3) is 0.467. The van der Waals surface area contributed by atoms with Crippen LogP contribution in [-0.4, -0.2) is 37.2 Å². The molecule has 0 radical (unpaired) electrons. The van der Waals surface area contributed by atoms with Crippen molar-refractivity contribution in [3.8, 4) is 0 Å². The summed E-state index contributed by atoms with van der Waals surface area (Å²) >= 11 is 1.96. The van der Waals surface area contributed by atoms with Crippen molar-refractivity contribution in [3.05, 3.63) is 35.8 Å². The summed E-state index contributed by atoms with van der Waals surface area (Å²) in [5, 5.41) is 0.516. The normalized spacial score (nSPS) is 25.6. The second-order valence-corrected chi connectivity index (χ2v) is 6.91. The standard InChI is InChI=1S/C15H17N3OS/c1-10-12(17-6-3-2-4-14(17)16-10)9-18-11-5-7-20-13(11)8-15(18)19/h2-4,6,11,13H,5,7-9H2,1H3. The van der Waals surface area contributed by atoms with E-state index >= 15 is 0 Å². The predicted octanol–water partition coefficient (Wildman–Crippen LogP) is 2.25. The van der Waals surface area contributed by atoms with E-state index in [4.69, 9.17) is 0 Å². The molecule has 2 aromatic rings. The average Bonchev–Trinajstić information content (AvgIpc) is 3.07. The number of carbonyl (C=O) groups excluding carboxylic acids is 1. The van der Waals surface area contributed by atoms with Gasteiger partial charge in [0.2, 0.25) is 5.91 Å². The number of rotatable bonds is 2. The van der Waals surface area contributed by atoms with Gasteiger partial charge in [-0.2, -0.15) is 11.8 Å². The van der Waals surface area contributed by atoms with E-state index in [2.05, 4.69) is 14.3 Å². The van der Waals surface area contributed by atoms with Crippen LogP contribution < -0.4 is 0 Å². The topological polar surface area (TPSA) is 37.6 Å². The van der Waals surface area contributed by atoms with Crippen LogP contribution in [0.3, 0.4) is 0 Å². The van der Waals surface area contributed by atoms with Gasteiger partial charge in [-0.3, -0.25) is 4.79 Å². The first-order valence-corrected chi connectivity index (χ1v) is 8.12. The molecule has 0 spiro atoms. The van der Waals surface area contributed by atoms with Crippen molar-refractivity contribution in [1.29, 1.82) is 0 Å². The molecule has 0 aromatic carbocycles. The molecule has 2 unspecified atom stereocenters. The Morgan fingerprint density at radius 3 is 3.25 bits per heavy atom. The number of likely N-dealkylation sites (tertiary alicyclic amines) is 1. The lowest BCUT2D eigenvalue weighted by Gasteiger charge is -2.23. The Labute approximate surface area is 122 Å². The molecule has 2 atom stereocenters. The lowest BCUT2D eigenvalue weighted by atomic mass is 10.1. The minimum Gasteiger partial charge on any atom is -0.333 e. The molecule has 20 heavy (non-hydrogen) atoms. The van der Waals surface area contributed by atoms with Crippen molar-refractivity contribution in [2.45, 2.75) is 37.6 Å². The molecule has 0 N–H and O–H groups in total. The number of hydrogen-bond acceptors (Lipinski definition) is 3. The molecule has 4 rings (SSSR count). The molecule has 5 heteroatoms. The summed E-state index contributed by atoms with van der Waals surface area (Å²) in [5.41, 5.74) is 3.13. The molecule has 2 fully saturated rings. The Kier molecular flexibility index (Phi) is 2.77. The molecule has 2 aliphatic heterocycles. The van der Waals surface area contributed by atoms with Crippen molar-refractivity contribution >= 4 is 23.3 Å². The van der Waals surface area contributed by atoms with Crippen molar-refractivity contribution in [2.24, 2.45) is 0 Å². The zero-order valence-electron chi connectivity index (χ0n) is 11.5. The molecular weight excluding hydrogens is 270 g/mol. The van der Waals surface area contributed by atoms with Gasteiger partial charge in [-0.1, -0.05) is 6.07 Å². The molecule has 4 nitrogen and oxygen atoms in total.